The number of esters is 2. The van der Waals surface area contributed by atoms with E-state index in [1.165, 1.54) is 193 Å². The number of phosphoric acid groups is 1. The van der Waals surface area contributed by atoms with Crippen LogP contribution in [0, 0.1) is 0 Å². The minimum Gasteiger partial charge on any atom is -0.462 e. The molecule has 0 amide bonds. The van der Waals surface area contributed by atoms with E-state index in [4.69, 9.17) is 24.3 Å². The Morgan fingerprint density at radius 1 is 0.413 bits per heavy atom. The molecular weight excluding hydrogens is 954 g/mol. The molecular formula is C65H118NO8P. The van der Waals surface area contributed by atoms with Crippen molar-refractivity contribution in [1.82, 2.24) is 0 Å². The van der Waals surface area contributed by atoms with E-state index < -0.39 is 26.5 Å². The predicted molar refractivity (Wildman–Crippen MR) is 321 cm³/mol. The fourth-order valence-electron chi connectivity index (χ4n) is 8.95. The fourth-order valence-corrected chi connectivity index (χ4v) is 9.72. The zero-order chi connectivity index (χ0) is 54.5. The van der Waals surface area contributed by atoms with E-state index in [0.29, 0.717) is 6.42 Å². The predicted octanol–water partition coefficient (Wildman–Crippen LogP) is 20.1. The summed E-state index contributed by atoms with van der Waals surface area (Å²) in [6.45, 7) is 3.66. The van der Waals surface area contributed by atoms with E-state index in [2.05, 4.69) is 86.8 Å². The van der Waals surface area contributed by atoms with Crippen molar-refractivity contribution in [3.63, 3.8) is 0 Å². The molecule has 0 fully saturated rings. The van der Waals surface area contributed by atoms with E-state index in [0.717, 1.165) is 70.6 Å². The molecule has 0 aliphatic rings. The van der Waals surface area contributed by atoms with Crippen LogP contribution >= 0.6 is 7.82 Å². The lowest BCUT2D eigenvalue weighted by Crippen LogP contribution is -2.29. The summed E-state index contributed by atoms with van der Waals surface area (Å²) in [4.78, 5) is 35.3. The van der Waals surface area contributed by atoms with Gasteiger partial charge in [0.05, 0.1) is 13.2 Å². The highest BCUT2D eigenvalue weighted by Crippen LogP contribution is 2.43. The number of rotatable bonds is 59. The van der Waals surface area contributed by atoms with Gasteiger partial charge in [0.1, 0.15) is 6.61 Å². The summed E-state index contributed by atoms with van der Waals surface area (Å²) in [6, 6.07) is 0. The summed E-state index contributed by atoms with van der Waals surface area (Å²) in [5, 5.41) is 0. The fraction of sp³-hybridized carbons (Fsp3) is 0.785. The number of hydrogen-bond donors (Lipinski definition) is 2. The second kappa shape index (κ2) is 60.7. The molecule has 0 saturated heterocycles. The van der Waals surface area contributed by atoms with Gasteiger partial charge in [-0.25, -0.2) is 4.57 Å². The quantitative estimate of drug-likeness (QED) is 0.0264. The number of allylic oxidation sites excluding steroid dienone is 12. The van der Waals surface area contributed by atoms with Crippen LogP contribution in [-0.4, -0.2) is 49.3 Å². The highest BCUT2D eigenvalue weighted by Gasteiger charge is 2.26. The van der Waals surface area contributed by atoms with Crippen molar-refractivity contribution >= 4 is 19.8 Å². The van der Waals surface area contributed by atoms with Crippen LogP contribution in [0.25, 0.3) is 0 Å². The van der Waals surface area contributed by atoms with Gasteiger partial charge in [-0.2, -0.15) is 0 Å². The normalized spacial score (nSPS) is 13.5. The summed E-state index contributed by atoms with van der Waals surface area (Å²) < 4.78 is 33.1. The Balaban J connectivity index is 3.91. The number of ether oxygens (including phenoxy) is 2. The van der Waals surface area contributed by atoms with Gasteiger partial charge in [-0.05, 0) is 83.5 Å². The first-order valence-electron chi connectivity index (χ1n) is 31.4. The first kappa shape index (κ1) is 72.5. The third-order valence-corrected chi connectivity index (χ3v) is 14.6. The van der Waals surface area contributed by atoms with Gasteiger partial charge < -0.3 is 20.1 Å². The summed E-state index contributed by atoms with van der Waals surface area (Å²) in [6.07, 6.45) is 78.3. The highest BCUT2D eigenvalue weighted by atomic mass is 31.2. The molecule has 0 aliphatic carbocycles. The van der Waals surface area contributed by atoms with Crippen LogP contribution in [0.3, 0.4) is 0 Å². The van der Waals surface area contributed by atoms with E-state index in [1.807, 2.05) is 0 Å². The monoisotopic (exact) mass is 1070 g/mol. The standard InChI is InChI=1S/C65H118NO8P/c1-3-5-7-9-11-13-15-17-19-21-23-25-27-29-30-31-32-34-35-37-39-41-43-45-47-49-51-53-55-57-64(67)71-61-63(62-73-75(69,70)72-60-59-66)74-65(68)58-56-54-52-50-48-46-44-42-40-38-36-33-28-26-24-22-20-18-16-14-12-10-8-6-4-2/h6,8,12,14-15,17-18,20-21,23-24,26,63H,3-5,7,9-11,13,16,19,22,25,27-62,66H2,1-2H3,(H,69,70)/b8-6-,14-12-,17-15-,20-18-,23-21-,26-24-. The molecule has 9 nitrogen and oxygen atoms in total. The minimum atomic E-state index is -4.39. The molecule has 2 unspecified atom stereocenters. The summed E-state index contributed by atoms with van der Waals surface area (Å²) in [5.74, 6) is -0.821. The lowest BCUT2D eigenvalue weighted by Gasteiger charge is -2.19. The number of carbonyl (C=O) groups excluding carboxylic acids is 2. The average Bonchev–Trinajstić information content (AvgIpc) is 3.40. The number of carbonyl (C=O) groups is 2. The van der Waals surface area contributed by atoms with Crippen LogP contribution in [0.1, 0.15) is 296 Å². The maximum Gasteiger partial charge on any atom is 0.472 e. The van der Waals surface area contributed by atoms with Crippen LogP contribution in [0.5, 0.6) is 0 Å². The van der Waals surface area contributed by atoms with Crippen molar-refractivity contribution < 1.29 is 37.6 Å². The number of hydrogen-bond acceptors (Lipinski definition) is 8. The van der Waals surface area contributed by atoms with Gasteiger partial charge in [0.25, 0.3) is 0 Å². The van der Waals surface area contributed by atoms with Crippen LogP contribution < -0.4 is 5.73 Å². The van der Waals surface area contributed by atoms with Gasteiger partial charge in [0.2, 0.25) is 0 Å². The average molecular weight is 1070 g/mol. The van der Waals surface area contributed by atoms with Crippen molar-refractivity contribution in [2.45, 2.75) is 302 Å². The molecule has 0 aromatic carbocycles. The Kier molecular flexibility index (Phi) is 58.6. The highest BCUT2D eigenvalue weighted by molar-refractivity contribution is 7.47. The van der Waals surface area contributed by atoms with Gasteiger partial charge in [-0.3, -0.25) is 18.6 Å². The summed E-state index contributed by atoms with van der Waals surface area (Å²) >= 11 is 0. The molecule has 0 spiro atoms. The van der Waals surface area contributed by atoms with Crippen molar-refractivity contribution in [1.29, 1.82) is 0 Å². The topological polar surface area (TPSA) is 134 Å². The Hall–Kier alpha value is -2.55. The van der Waals surface area contributed by atoms with E-state index in [1.54, 1.807) is 0 Å². The summed E-state index contributed by atoms with van der Waals surface area (Å²) in [7, 11) is -4.39. The maximum absolute atomic E-state index is 12.7. The van der Waals surface area contributed by atoms with Gasteiger partial charge in [0.15, 0.2) is 6.10 Å². The first-order valence-corrected chi connectivity index (χ1v) is 32.9. The zero-order valence-corrected chi connectivity index (χ0v) is 49.7. The van der Waals surface area contributed by atoms with E-state index in [9.17, 15) is 19.0 Å². The first-order chi connectivity index (χ1) is 36.8. The third-order valence-electron chi connectivity index (χ3n) is 13.6. The Bertz CT molecular complexity index is 1460. The molecule has 10 heteroatoms. The molecule has 0 radical (unpaired) electrons. The molecule has 0 aliphatic heterocycles. The molecule has 0 heterocycles. The Labute approximate surface area is 462 Å². The molecule has 436 valence electrons. The molecule has 0 aromatic rings. The number of nitrogens with two attached hydrogens (primary N) is 1. The SMILES string of the molecule is CC/C=C\C/C=C\C/C=C\C/C=C\CCCCCCCCCCCCCCC(=O)OC(COC(=O)CCCCCCCCCCCCCCCCCCC/C=C\C/C=C\CCCCCCC)COP(=O)(O)OCCN. The van der Waals surface area contributed by atoms with Crippen LogP contribution in [0.4, 0.5) is 0 Å². The molecule has 0 saturated carbocycles. The van der Waals surface area contributed by atoms with E-state index in [-0.39, 0.29) is 38.6 Å². The largest absolute Gasteiger partial charge is 0.472 e. The molecule has 3 N–H and O–H groups in total. The Morgan fingerprint density at radius 2 is 0.733 bits per heavy atom. The maximum atomic E-state index is 12.7. The number of phosphoric ester groups is 1. The smallest absolute Gasteiger partial charge is 0.462 e. The van der Waals surface area contributed by atoms with Crippen molar-refractivity contribution in [3.05, 3.63) is 72.9 Å². The van der Waals surface area contributed by atoms with E-state index >= 15 is 0 Å². The molecule has 0 bridgehead atoms. The van der Waals surface area contributed by atoms with Crippen molar-refractivity contribution in [2.24, 2.45) is 5.73 Å². The zero-order valence-electron chi connectivity index (χ0n) is 48.8. The van der Waals surface area contributed by atoms with Crippen LogP contribution in [-0.2, 0) is 32.7 Å². The molecule has 75 heavy (non-hydrogen) atoms. The second-order valence-corrected chi connectivity index (χ2v) is 22.3. The van der Waals surface area contributed by atoms with Gasteiger partial charge >= 0.3 is 19.8 Å². The van der Waals surface area contributed by atoms with Crippen LogP contribution in [0.2, 0.25) is 0 Å². The summed E-state index contributed by atoms with van der Waals surface area (Å²) in [5.41, 5.74) is 5.39. The second-order valence-electron chi connectivity index (χ2n) is 20.9. The van der Waals surface area contributed by atoms with Gasteiger partial charge in [0, 0.05) is 19.4 Å². The minimum absolute atomic E-state index is 0.0519. The third kappa shape index (κ3) is 60.5. The molecule has 0 aromatic heterocycles. The lowest BCUT2D eigenvalue weighted by atomic mass is 10.0. The van der Waals surface area contributed by atoms with Gasteiger partial charge in [-0.1, -0.05) is 273 Å². The van der Waals surface area contributed by atoms with Crippen molar-refractivity contribution in [3.8, 4) is 0 Å². The van der Waals surface area contributed by atoms with Crippen molar-refractivity contribution in [2.75, 3.05) is 26.4 Å². The molecule has 2 atom stereocenters. The van der Waals surface area contributed by atoms with Gasteiger partial charge in [-0.15, -0.1) is 0 Å². The number of unbranched alkanes of at least 4 members (excludes halogenated alkanes) is 34. The lowest BCUT2D eigenvalue weighted by molar-refractivity contribution is -0.161. The Morgan fingerprint density at radius 3 is 1.09 bits per heavy atom. The molecule has 0 rings (SSSR count). The van der Waals surface area contributed by atoms with Crippen LogP contribution in [0.15, 0.2) is 72.9 Å².